The second-order valence-electron chi connectivity index (χ2n) is 6.41. The Kier molecular flexibility index (Phi) is 6.46. The van der Waals surface area contributed by atoms with Crippen LogP contribution in [0.3, 0.4) is 0 Å². The van der Waals surface area contributed by atoms with E-state index in [9.17, 15) is 9.59 Å². The number of anilines is 2. The van der Waals surface area contributed by atoms with Gasteiger partial charge in [0.1, 0.15) is 10.6 Å². The molecule has 29 heavy (non-hydrogen) atoms. The molecular formula is C21H22N4O3S. The summed E-state index contributed by atoms with van der Waals surface area (Å²) in [5.41, 5.74) is 3.31. The van der Waals surface area contributed by atoms with Crippen LogP contribution in [0.2, 0.25) is 0 Å². The molecule has 0 saturated heterocycles. The standard InChI is InChI=1S/C21H22N4O3S/c1-13-4-8-16(9-5-13)24-20(27)25-21-23-14(2)18(29-21)19(26)22-12-15-6-10-17(28-3)11-7-15/h4-11H,12H2,1-3H3,(H,22,26)(H2,23,24,25,27). The predicted octanol–water partition coefficient (Wildman–Crippen LogP) is 4.34. The number of nitrogens with one attached hydrogen (secondary N) is 3. The molecule has 1 aromatic heterocycles. The number of benzene rings is 2. The maximum absolute atomic E-state index is 12.5. The van der Waals surface area contributed by atoms with E-state index in [2.05, 4.69) is 20.9 Å². The highest BCUT2D eigenvalue weighted by Gasteiger charge is 2.16. The number of urea groups is 1. The van der Waals surface area contributed by atoms with Crippen LogP contribution in [0.5, 0.6) is 5.75 Å². The Labute approximate surface area is 173 Å². The Morgan fingerprint density at radius 2 is 1.69 bits per heavy atom. The van der Waals surface area contributed by atoms with E-state index >= 15 is 0 Å². The van der Waals surface area contributed by atoms with Crippen LogP contribution in [0.25, 0.3) is 0 Å². The Bertz CT molecular complexity index is 998. The molecule has 3 N–H and O–H groups in total. The van der Waals surface area contributed by atoms with Crippen molar-refractivity contribution in [2.24, 2.45) is 0 Å². The topological polar surface area (TPSA) is 92.4 Å². The number of methoxy groups -OCH3 is 1. The highest BCUT2D eigenvalue weighted by molar-refractivity contribution is 7.17. The zero-order valence-electron chi connectivity index (χ0n) is 16.4. The molecule has 0 aliphatic rings. The third kappa shape index (κ3) is 5.55. The van der Waals surface area contributed by atoms with Gasteiger partial charge in [-0.1, -0.05) is 41.2 Å². The summed E-state index contributed by atoms with van der Waals surface area (Å²) in [6.45, 7) is 4.10. The molecule has 8 heteroatoms. The molecule has 0 radical (unpaired) electrons. The molecular weight excluding hydrogens is 388 g/mol. The molecule has 150 valence electrons. The monoisotopic (exact) mass is 410 g/mol. The Hall–Kier alpha value is -3.39. The van der Waals surface area contributed by atoms with Crippen molar-refractivity contribution in [1.82, 2.24) is 10.3 Å². The van der Waals surface area contributed by atoms with Crippen molar-refractivity contribution in [1.29, 1.82) is 0 Å². The number of ether oxygens (including phenoxy) is 1. The molecule has 3 aromatic rings. The van der Waals surface area contributed by atoms with E-state index in [0.717, 1.165) is 28.2 Å². The fourth-order valence-corrected chi connectivity index (χ4v) is 3.44. The highest BCUT2D eigenvalue weighted by atomic mass is 32.1. The number of aryl methyl sites for hydroxylation is 2. The molecule has 0 bridgehead atoms. The van der Waals surface area contributed by atoms with E-state index in [4.69, 9.17) is 4.74 Å². The van der Waals surface area contributed by atoms with Crippen LogP contribution in [0.1, 0.15) is 26.5 Å². The number of hydrogen-bond acceptors (Lipinski definition) is 5. The number of amides is 3. The van der Waals surface area contributed by atoms with E-state index < -0.39 is 6.03 Å². The lowest BCUT2D eigenvalue weighted by molar-refractivity contribution is 0.0954. The van der Waals surface area contributed by atoms with Crippen LogP contribution in [0, 0.1) is 13.8 Å². The van der Waals surface area contributed by atoms with Gasteiger partial charge in [0, 0.05) is 12.2 Å². The molecule has 0 spiro atoms. The Morgan fingerprint density at radius 1 is 1.00 bits per heavy atom. The van der Waals surface area contributed by atoms with Gasteiger partial charge < -0.3 is 15.4 Å². The molecule has 0 aliphatic heterocycles. The lowest BCUT2D eigenvalue weighted by atomic mass is 10.2. The Morgan fingerprint density at radius 3 is 2.34 bits per heavy atom. The lowest BCUT2D eigenvalue weighted by Gasteiger charge is -2.06. The summed E-state index contributed by atoms with van der Waals surface area (Å²) in [6.07, 6.45) is 0. The first kappa shape index (κ1) is 20.3. The number of carbonyl (C=O) groups is 2. The van der Waals surface area contributed by atoms with Gasteiger partial charge in [0.05, 0.1) is 12.8 Å². The van der Waals surface area contributed by atoms with E-state index in [1.807, 2.05) is 55.5 Å². The fraction of sp³-hybridized carbons (Fsp3) is 0.190. The average molecular weight is 410 g/mol. The van der Waals surface area contributed by atoms with Crippen LogP contribution in [-0.2, 0) is 6.54 Å². The van der Waals surface area contributed by atoms with E-state index in [0.29, 0.717) is 27.9 Å². The molecule has 2 aromatic carbocycles. The predicted molar refractivity (Wildman–Crippen MR) is 115 cm³/mol. The van der Waals surface area contributed by atoms with Crippen LogP contribution < -0.4 is 20.7 Å². The summed E-state index contributed by atoms with van der Waals surface area (Å²) in [6, 6.07) is 14.5. The van der Waals surface area contributed by atoms with E-state index in [-0.39, 0.29) is 5.91 Å². The fourth-order valence-electron chi connectivity index (χ4n) is 2.56. The zero-order valence-corrected chi connectivity index (χ0v) is 17.2. The minimum absolute atomic E-state index is 0.234. The van der Waals surface area contributed by atoms with Gasteiger partial charge >= 0.3 is 6.03 Å². The van der Waals surface area contributed by atoms with Gasteiger partial charge in [0.25, 0.3) is 5.91 Å². The SMILES string of the molecule is COc1ccc(CNC(=O)c2sc(NC(=O)Nc3ccc(C)cc3)nc2C)cc1. The summed E-state index contributed by atoms with van der Waals surface area (Å²) in [5, 5.41) is 8.64. The lowest BCUT2D eigenvalue weighted by Crippen LogP contribution is -2.22. The van der Waals surface area contributed by atoms with Gasteiger partial charge in [-0.3, -0.25) is 10.1 Å². The van der Waals surface area contributed by atoms with Crippen molar-refractivity contribution in [3.8, 4) is 5.75 Å². The molecule has 3 amide bonds. The first-order valence-corrected chi connectivity index (χ1v) is 9.79. The molecule has 1 heterocycles. The second kappa shape index (κ2) is 9.20. The first-order chi connectivity index (χ1) is 13.9. The summed E-state index contributed by atoms with van der Waals surface area (Å²) in [7, 11) is 1.61. The molecule has 0 aliphatic carbocycles. The highest BCUT2D eigenvalue weighted by Crippen LogP contribution is 2.23. The van der Waals surface area contributed by atoms with Crippen LogP contribution in [0.4, 0.5) is 15.6 Å². The van der Waals surface area contributed by atoms with Crippen molar-refractivity contribution in [2.75, 3.05) is 17.7 Å². The molecule has 0 unspecified atom stereocenters. The molecule has 0 atom stereocenters. The molecule has 0 fully saturated rings. The third-order valence-electron chi connectivity index (χ3n) is 4.14. The maximum atomic E-state index is 12.5. The minimum atomic E-state index is -0.409. The number of carbonyl (C=O) groups excluding carboxylic acids is 2. The number of thiazole rings is 1. The largest absolute Gasteiger partial charge is 0.497 e. The summed E-state index contributed by atoms with van der Waals surface area (Å²) in [4.78, 5) is 29.4. The van der Waals surface area contributed by atoms with Crippen molar-refractivity contribution in [2.45, 2.75) is 20.4 Å². The van der Waals surface area contributed by atoms with Crippen molar-refractivity contribution < 1.29 is 14.3 Å². The van der Waals surface area contributed by atoms with Gasteiger partial charge in [-0.2, -0.15) is 0 Å². The Balaban J connectivity index is 1.57. The maximum Gasteiger partial charge on any atom is 0.325 e. The smallest absolute Gasteiger partial charge is 0.325 e. The van der Waals surface area contributed by atoms with Gasteiger partial charge in [0.2, 0.25) is 0 Å². The summed E-state index contributed by atoms with van der Waals surface area (Å²) >= 11 is 1.14. The van der Waals surface area contributed by atoms with Gasteiger partial charge in [-0.05, 0) is 43.7 Å². The van der Waals surface area contributed by atoms with Crippen molar-refractivity contribution >= 4 is 34.1 Å². The first-order valence-electron chi connectivity index (χ1n) is 8.98. The number of nitrogens with zero attached hydrogens (tertiary/aromatic N) is 1. The minimum Gasteiger partial charge on any atom is -0.497 e. The van der Waals surface area contributed by atoms with E-state index in [1.165, 1.54) is 0 Å². The van der Waals surface area contributed by atoms with Crippen LogP contribution >= 0.6 is 11.3 Å². The van der Waals surface area contributed by atoms with Gasteiger partial charge in [-0.15, -0.1) is 0 Å². The summed E-state index contributed by atoms with van der Waals surface area (Å²) in [5.74, 6) is 0.529. The van der Waals surface area contributed by atoms with Gasteiger partial charge in [-0.25, -0.2) is 9.78 Å². The van der Waals surface area contributed by atoms with Gasteiger partial charge in [0.15, 0.2) is 5.13 Å². The number of rotatable bonds is 6. The molecule has 0 saturated carbocycles. The number of hydrogen-bond donors (Lipinski definition) is 3. The summed E-state index contributed by atoms with van der Waals surface area (Å²) < 4.78 is 5.12. The average Bonchev–Trinajstić information content (AvgIpc) is 3.08. The van der Waals surface area contributed by atoms with Crippen LogP contribution in [-0.4, -0.2) is 24.0 Å². The zero-order chi connectivity index (χ0) is 20.8. The van der Waals surface area contributed by atoms with Crippen molar-refractivity contribution in [3.05, 3.63) is 70.2 Å². The second-order valence-corrected chi connectivity index (χ2v) is 7.41. The normalized spacial score (nSPS) is 10.3. The van der Waals surface area contributed by atoms with Crippen LogP contribution in [0.15, 0.2) is 48.5 Å². The third-order valence-corrected chi connectivity index (χ3v) is 5.22. The number of aromatic nitrogens is 1. The van der Waals surface area contributed by atoms with E-state index in [1.54, 1.807) is 14.0 Å². The van der Waals surface area contributed by atoms with Crippen molar-refractivity contribution in [3.63, 3.8) is 0 Å². The quantitative estimate of drug-likeness (QED) is 0.564. The molecule has 3 rings (SSSR count). The molecule has 7 nitrogen and oxygen atoms in total.